The molecule has 0 bridgehead atoms. The Morgan fingerprint density at radius 1 is 1.27 bits per heavy atom. The highest BCUT2D eigenvalue weighted by atomic mass is 16.5. The van der Waals surface area contributed by atoms with Gasteiger partial charge in [-0.2, -0.15) is 5.10 Å². The third kappa shape index (κ3) is 4.77. The maximum absolute atomic E-state index is 11.6. The second-order valence-corrected chi connectivity index (χ2v) is 5.91. The van der Waals surface area contributed by atoms with Crippen LogP contribution >= 0.6 is 0 Å². The SMILES string of the molecule is CC(C)(C)c1ccc(OCC(=O)NN=Cc2ccoc2)cc1. The number of hydrogen-bond donors (Lipinski definition) is 1. The van der Waals surface area contributed by atoms with Crippen molar-refractivity contribution in [1.29, 1.82) is 0 Å². The van der Waals surface area contributed by atoms with Gasteiger partial charge in [-0.15, -0.1) is 0 Å². The minimum atomic E-state index is -0.320. The van der Waals surface area contributed by atoms with Crippen LogP contribution in [0, 0.1) is 0 Å². The summed E-state index contributed by atoms with van der Waals surface area (Å²) in [5.41, 5.74) is 4.48. The Labute approximate surface area is 130 Å². The molecule has 0 aliphatic rings. The van der Waals surface area contributed by atoms with E-state index in [1.54, 1.807) is 6.07 Å². The fourth-order valence-electron chi connectivity index (χ4n) is 1.76. The first kappa shape index (κ1) is 15.8. The van der Waals surface area contributed by atoms with E-state index in [4.69, 9.17) is 9.15 Å². The van der Waals surface area contributed by atoms with Crippen LogP contribution in [-0.2, 0) is 10.2 Å². The van der Waals surface area contributed by atoms with E-state index in [0.717, 1.165) is 5.56 Å². The fourth-order valence-corrected chi connectivity index (χ4v) is 1.76. The van der Waals surface area contributed by atoms with Crippen LogP contribution < -0.4 is 10.2 Å². The molecule has 0 radical (unpaired) electrons. The molecule has 116 valence electrons. The quantitative estimate of drug-likeness (QED) is 0.681. The van der Waals surface area contributed by atoms with Gasteiger partial charge in [-0.3, -0.25) is 4.79 Å². The van der Waals surface area contributed by atoms with Crippen molar-refractivity contribution >= 4 is 12.1 Å². The normalized spacial score (nSPS) is 11.6. The summed E-state index contributed by atoms with van der Waals surface area (Å²) in [6, 6.07) is 9.47. The number of hydrazone groups is 1. The Hall–Kier alpha value is -2.56. The van der Waals surface area contributed by atoms with Crippen molar-refractivity contribution in [3.63, 3.8) is 0 Å². The van der Waals surface area contributed by atoms with E-state index in [-0.39, 0.29) is 17.9 Å². The van der Waals surface area contributed by atoms with Crippen molar-refractivity contribution in [2.45, 2.75) is 26.2 Å². The van der Waals surface area contributed by atoms with Gasteiger partial charge in [-0.25, -0.2) is 5.43 Å². The molecule has 1 aromatic carbocycles. The maximum atomic E-state index is 11.6. The lowest BCUT2D eigenvalue weighted by molar-refractivity contribution is -0.123. The van der Waals surface area contributed by atoms with Gasteiger partial charge >= 0.3 is 0 Å². The van der Waals surface area contributed by atoms with Gasteiger partial charge in [-0.1, -0.05) is 32.9 Å². The summed E-state index contributed by atoms with van der Waals surface area (Å²) in [6.45, 7) is 6.36. The van der Waals surface area contributed by atoms with Gasteiger partial charge in [0.1, 0.15) is 5.75 Å². The van der Waals surface area contributed by atoms with Crippen LogP contribution in [0.2, 0.25) is 0 Å². The van der Waals surface area contributed by atoms with E-state index in [1.807, 2.05) is 24.3 Å². The number of carbonyl (C=O) groups excluding carboxylic acids is 1. The number of amides is 1. The molecule has 0 saturated carbocycles. The van der Waals surface area contributed by atoms with E-state index in [0.29, 0.717) is 5.75 Å². The molecule has 5 nitrogen and oxygen atoms in total. The molecular formula is C17H20N2O3. The minimum absolute atomic E-state index is 0.0857. The molecule has 2 aromatic rings. The number of benzene rings is 1. The van der Waals surface area contributed by atoms with E-state index < -0.39 is 0 Å². The number of ether oxygens (including phenoxy) is 1. The predicted octanol–water partition coefficient (Wildman–Crippen LogP) is 3.11. The molecule has 2 rings (SSSR count). The molecule has 0 aliphatic heterocycles. The second kappa shape index (κ2) is 6.93. The third-order valence-electron chi connectivity index (χ3n) is 3.04. The van der Waals surface area contributed by atoms with Crippen molar-refractivity contribution < 1.29 is 13.9 Å². The minimum Gasteiger partial charge on any atom is -0.484 e. The number of carbonyl (C=O) groups is 1. The standard InChI is InChI=1S/C17H20N2O3/c1-17(2,3)14-4-6-15(7-5-14)22-12-16(20)19-18-10-13-8-9-21-11-13/h4-11H,12H2,1-3H3,(H,19,20). The Bertz CT molecular complexity index is 623. The van der Waals surface area contributed by atoms with E-state index in [9.17, 15) is 4.79 Å². The number of hydrogen-bond acceptors (Lipinski definition) is 4. The summed E-state index contributed by atoms with van der Waals surface area (Å²) < 4.78 is 10.3. The monoisotopic (exact) mass is 300 g/mol. The highest BCUT2D eigenvalue weighted by Gasteiger charge is 2.13. The first-order valence-corrected chi connectivity index (χ1v) is 7.02. The summed E-state index contributed by atoms with van der Waals surface area (Å²) in [4.78, 5) is 11.6. The van der Waals surface area contributed by atoms with Crippen molar-refractivity contribution in [2.75, 3.05) is 6.61 Å². The van der Waals surface area contributed by atoms with Crippen molar-refractivity contribution in [3.8, 4) is 5.75 Å². The lowest BCUT2D eigenvalue weighted by atomic mass is 9.87. The molecule has 0 aliphatic carbocycles. The van der Waals surface area contributed by atoms with Crippen LogP contribution in [0.3, 0.4) is 0 Å². The summed E-state index contributed by atoms with van der Waals surface area (Å²) >= 11 is 0. The molecule has 22 heavy (non-hydrogen) atoms. The Balaban J connectivity index is 1.78. The third-order valence-corrected chi connectivity index (χ3v) is 3.04. The molecule has 0 fully saturated rings. The first-order valence-electron chi connectivity index (χ1n) is 7.02. The number of furan rings is 1. The smallest absolute Gasteiger partial charge is 0.277 e. The average Bonchev–Trinajstić information content (AvgIpc) is 2.98. The zero-order valence-electron chi connectivity index (χ0n) is 13.0. The topological polar surface area (TPSA) is 63.8 Å². The lowest BCUT2D eigenvalue weighted by Crippen LogP contribution is -2.24. The zero-order valence-corrected chi connectivity index (χ0v) is 13.0. The molecule has 1 aromatic heterocycles. The first-order chi connectivity index (χ1) is 10.4. The van der Waals surface area contributed by atoms with E-state index in [2.05, 4.69) is 31.3 Å². The number of rotatable bonds is 5. The largest absolute Gasteiger partial charge is 0.484 e. The van der Waals surface area contributed by atoms with E-state index in [1.165, 1.54) is 24.3 Å². The van der Waals surface area contributed by atoms with Crippen LogP contribution in [0.25, 0.3) is 0 Å². The van der Waals surface area contributed by atoms with Gasteiger partial charge < -0.3 is 9.15 Å². The van der Waals surface area contributed by atoms with Crippen molar-refractivity contribution in [3.05, 3.63) is 54.0 Å². The molecule has 0 spiro atoms. The van der Waals surface area contributed by atoms with Crippen molar-refractivity contribution in [2.24, 2.45) is 5.10 Å². The van der Waals surface area contributed by atoms with Crippen LogP contribution in [0.15, 0.2) is 52.4 Å². The van der Waals surface area contributed by atoms with E-state index >= 15 is 0 Å². The molecule has 0 unspecified atom stereocenters. The molecular weight excluding hydrogens is 280 g/mol. The second-order valence-electron chi connectivity index (χ2n) is 5.91. The van der Waals surface area contributed by atoms with Gasteiger partial charge in [0, 0.05) is 5.56 Å². The summed E-state index contributed by atoms with van der Waals surface area (Å²) in [5, 5.41) is 3.81. The summed E-state index contributed by atoms with van der Waals surface area (Å²) in [5.74, 6) is 0.335. The van der Waals surface area contributed by atoms with Gasteiger partial charge in [0.15, 0.2) is 6.61 Å². The Morgan fingerprint density at radius 2 is 2.00 bits per heavy atom. The van der Waals surface area contributed by atoms with Gasteiger partial charge in [0.25, 0.3) is 5.91 Å². The van der Waals surface area contributed by atoms with Crippen LogP contribution in [0.1, 0.15) is 31.9 Å². The number of nitrogens with zero attached hydrogens (tertiary/aromatic N) is 1. The van der Waals surface area contributed by atoms with Crippen LogP contribution in [-0.4, -0.2) is 18.7 Å². The molecule has 5 heteroatoms. The van der Waals surface area contributed by atoms with Crippen LogP contribution in [0.5, 0.6) is 5.75 Å². The van der Waals surface area contributed by atoms with Gasteiger partial charge in [-0.05, 0) is 29.2 Å². The molecule has 1 N–H and O–H groups in total. The maximum Gasteiger partial charge on any atom is 0.277 e. The molecule has 1 amide bonds. The highest BCUT2D eigenvalue weighted by Crippen LogP contribution is 2.24. The predicted molar refractivity (Wildman–Crippen MR) is 85.1 cm³/mol. The summed E-state index contributed by atoms with van der Waals surface area (Å²) in [6.07, 6.45) is 4.57. The van der Waals surface area contributed by atoms with Gasteiger partial charge in [0.05, 0.1) is 18.7 Å². The average molecular weight is 300 g/mol. The summed E-state index contributed by atoms with van der Waals surface area (Å²) in [7, 11) is 0. The Kier molecular flexibility index (Phi) is 4.99. The lowest BCUT2D eigenvalue weighted by Gasteiger charge is -2.19. The van der Waals surface area contributed by atoms with Gasteiger partial charge in [0.2, 0.25) is 0 Å². The molecule has 0 atom stereocenters. The fraction of sp³-hybridized carbons (Fsp3) is 0.294. The number of nitrogens with one attached hydrogen (secondary N) is 1. The highest BCUT2D eigenvalue weighted by molar-refractivity contribution is 5.82. The van der Waals surface area contributed by atoms with Crippen molar-refractivity contribution in [1.82, 2.24) is 5.43 Å². The Morgan fingerprint density at radius 3 is 2.59 bits per heavy atom. The molecule has 0 saturated heterocycles. The molecule has 1 heterocycles. The zero-order chi connectivity index (χ0) is 16.0. The van der Waals surface area contributed by atoms with Crippen LogP contribution in [0.4, 0.5) is 0 Å².